The van der Waals surface area contributed by atoms with E-state index in [0.717, 1.165) is 14.2 Å². The van der Waals surface area contributed by atoms with Gasteiger partial charge in [-0.25, -0.2) is 9.59 Å². The van der Waals surface area contributed by atoms with Gasteiger partial charge in [0.05, 0.1) is 14.2 Å². The fourth-order valence-corrected chi connectivity index (χ4v) is 2.18. The molecule has 0 saturated carbocycles. The number of rotatable bonds is 2. The summed E-state index contributed by atoms with van der Waals surface area (Å²) in [6.45, 7) is 0. The van der Waals surface area contributed by atoms with Crippen molar-refractivity contribution in [2.24, 2.45) is 0 Å². The summed E-state index contributed by atoms with van der Waals surface area (Å²) in [5.41, 5.74) is -0.274. The number of carbonyl (C=O) groups excluding carboxylic acids is 4. The second-order valence-corrected chi connectivity index (χ2v) is 4.96. The Morgan fingerprint density at radius 3 is 1.54 bits per heavy atom. The molecule has 0 atom stereocenters. The molecule has 1 aliphatic rings. The minimum atomic E-state index is -0.802. The third-order valence-electron chi connectivity index (χ3n) is 3.37. The number of benzene rings is 1. The van der Waals surface area contributed by atoms with Crippen LogP contribution in [-0.4, -0.2) is 38.1 Å². The minimum absolute atomic E-state index is 0.0653. The quantitative estimate of drug-likeness (QED) is 0.593. The van der Waals surface area contributed by atoms with Crippen LogP contribution in [0.3, 0.4) is 0 Å². The summed E-state index contributed by atoms with van der Waals surface area (Å²) >= 11 is 0. The van der Waals surface area contributed by atoms with Crippen LogP contribution in [0, 0.1) is 0 Å². The van der Waals surface area contributed by atoms with Crippen LogP contribution in [0.15, 0.2) is 12.1 Å². The van der Waals surface area contributed by atoms with E-state index in [-0.39, 0.29) is 35.5 Å². The van der Waals surface area contributed by atoms with Crippen LogP contribution in [-0.2, 0) is 19.1 Å². The van der Waals surface area contributed by atoms with E-state index < -0.39 is 23.9 Å². The van der Waals surface area contributed by atoms with E-state index in [0.29, 0.717) is 12.8 Å². The van der Waals surface area contributed by atoms with Crippen molar-refractivity contribution >= 4 is 23.9 Å². The molecular formula is C16H16O8. The Hall–Kier alpha value is -2.90. The number of ether oxygens (including phenoxy) is 4. The first-order valence-electron chi connectivity index (χ1n) is 7.23. The van der Waals surface area contributed by atoms with Gasteiger partial charge < -0.3 is 18.9 Å². The molecule has 1 heterocycles. The first kappa shape index (κ1) is 17.5. The largest absolute Gasteiger partial charge is 0.465 e. The summed E-state index contributed by atoms with van der Waals surface area (Å²) in [6.07, 6.45) is 1.01. The summed E-state index contributed by atoms with van der Waals surface area (Å²) in [5.74, 6) is -3.48. The van der Waals surface area contributed by atoms with E-state index in [1.807, 2.05) is 0 Å². The van der Waals surface area contributed by atoms with Gasteiger partial charge in [-0.05, 0) is 25.0 Å². The Morgan fingerprint density at radius 2 is 1.21 bits per heavy atom. The number of hydrogen-bond donors (Lipinski definition) is 0. The molecule has 0 unspecified atom stereocenters. The standard InChI is InChI=1S/C16H16O8/c1-21-15(19)9-7-8-10(16(20)22-2)14-13(9)23-11(17)5-3-4-6-12(18)24-14/h7-8H,3-6H2,1-2H3. The van der Waals surface area contributed by atoms with E-state index in [1.165, 1.54) is 12.1 Å². The van der Waals surface area contributed by atoms with Gasteiger partial charge in [-0.15, -0.1) is 0 Å². The molecule has 0 aliphatic carbocycles. The highest BCUT2D eigenvalue weighted by molar-refractivity contribution is 6.01. The fraction of sp³-hybridized carbons (Fsp3) is 0.375. The van der Waals surface area contributed by atoms with E-state index >= 15 is 0 Å². The highest BCUT2D eigenvalue weighted by Gasteiger charge is 2.29. The third-order valence-corrected chi connectivity index (χ3v) is 3.37. The summed E-state index contributed by atoms with van der Waals surface area (Å²) < 4.78 is 19.6. The molecule has 8 nitrogen and oxygen atoms in total. The Morgan fingerprint density at radius 1 is 0.833 bits per heavy atom. The molecule has 0 aromatic heterocycles. The predicted molar refractivity (Wildman–Crippen MR) is 78.9 cm³/mol. The SMILES string of the molecule is COC(=O)c1ccc(C(=O)OC)c2c1OC(=O)CCCCC(=O)O2. The molecule has 0 fully saturated rings. The lowest BCUT2D eigenvalue weighted by Gasteiger charge is -2.17. The smallest absolute Gasteiger partial charge is 0.341 e. The zero-order valence-corrected chi connectivity index (χ0v) is 13.2. The van der Waals surface area contributed by atoms with Gasteiger partial charge in [-0.3, -0.25) is 9.59 Å². The minimum Gasteiger partial charge on any atom is -0.465 e. The number of fused-ring (bicyclic) bond motifs is 1. The van der Waals surface area contributed by atoms with Crippen LogP contribution < -0.4 is 9.47 Å². The van der Waals surface area contributed by atoms with Gasteiger partial charge in [0.1, 0.15) is 11.1 Å². The highest BCUT2D eigenvalue weighted by Crippen LogP contribution is 2.37. The van der Waals surface area contributed by atoms with Crippen molar-refractivity contribution in [3.05, 3.63) is 23.3 Å². The normalized spacial score (nSPS) is 14.8. The first-order chi connectivity index (χ1) is 11.5. The van der Waals surface area contributed by atoms with Crippen LogP contribution in [0.2, 0.25) is 0 Å². The maximum absolute atomic E-state index is 11.9. The molecule has 8 heteroatoms. The summed E-state index contributed by atoms with van der Waals surface area (Å²) in [6, 6.07) is 2.48. The lowest BCUT2D eigenvalue weighted by Crippen LogP contribution is -2.19. The number of esters is 4. The van der Waals surface area contributed by atoms with Crippen LogP contribution in [0.4, 0.5) is 0 Å². The molecule has 2 rings (SSSR count). The molecular weight excluding hydrogens is 320 g/mol. The Balaban J connectivity index is 2.66. The van der Waals surface area contributed by atoms with Gasteiger partial charge in [0, 0.05) is 12.8 Å². The third kappa shape index (κ3) is 3.70. The average molecular weight is 336 g/mol. The topological polar surface area (TPSA) is 105 Å². The van der Waals surface area contributed by atoms with Crippen molar-refractivity contribution < 1.29 is 38.1 Å². The molecule has 128 valence electrons. The van der Waals surface area contributed by atoms with E-state index in [2.05, 4.69) is 9.47 Å². The lowest BCUT2D eigenvalue weighted by molar-refractivity contribution is -0.138. The average Bonchev–Trinajstić information content (AvgIpc) is 2.58. The monoisotopic (exact) mass is 336 g/mol. The van der Waals surface area contributed by atoms with Crippen LogP contribution >= 0.6 is 0 Å². The zero-order chi connectivity index (χ0) is 17.7. The number of carbonyl (C=O) groups is 4. The maximum atomic E-state index is 11.9. The Bertz CT molecular complexity index is 633. The fourth-order valence-electron chi connectivity index (χ4n) is 2.18. The van der Waals surface area contributed by atoms with E-state index in [9.17, 15) is 19.2 Å². The lowest BCUT2D eigenvalue weighted by atomic mass is 10.1. The van der Waals surface area contributed by atoms with Gasteiger partial charge >= 0.3 is 23.9 Å². The molecule has 0 saturated heterocycles. The summed E-state index contributed by atoms with van der Waals surface area (Å²) in [4.78, 5) is 47.7. The molecule has 24 heavy (non-hydrogen) atoms. The maximum Gasteiger partial charge on any atom is 0.341 e. The summed E-state index contributed by atoms with van der Waals surface area (Å²) in [7, 11) is 2.30. The molecule has 0 radical (unpaired) electrons. The van der Waals surface area contributed by atoms with Gasteiger partial charge in [-0.1, -0.05) is 0 Å². The van der Waals surface area contributed by atoms with Crippen molar-refractivity contribution in [1.82, 2.24) is 0 Å². The zero-order valence-electron chi connectivity index (χ0n) is 13.2. The second-order valence-electron chi connectivity index (χ2n) is 4.96. The molecule has 0 amide bonds. The Labute approximate surface area is 137 Å². The van der Waals surface area contributed by atoms with Crippen LogP contribution in [0.25, 0.3) is 0 Å². The van der Waals surface area contributed by atoms with Crippen molar-refractivity contribution in [2.45, 2.75) is 25.7 Å². The van der Waals surface area contributed by atoms with Gasteiger partial charge in [0.15, 0.2) is 11.5 Å². The number of methoxy groups -OCH3 is 2. The van der Waals surface area contributed by atoms with Crippen molar-refractivity contribution in [3.8, 4) is 11.5 Å². The number of hydrogen-bond acceptors (Lipinski definition) is 8. The van der Waals surface area contributed by atoms with Gasteiger partial charge in [0.2, 0.25) is 0 Å². The van der Waals surface area contributed by atoms with Crippen molar-refractivity contribution in [1.29, 1.82) is 0 Å². The van der Waals surface area contributed by atoms with Crippen molar-refractivity contribution in [2.75, 3.05) is 14.2 Å². The van der Waals surface area contributed by atoms with E-state index in [4.69, 9.17) is 9.47 Å². The van der Waals surface area contributed by atoms with Gasteiger partial charge in [-0.2, -0.15) is 0 Å². The predicted octanol–water partition coefficient (Wildman–Crippen LogP) is 1.64. The molecule has 0 spiro atoms. The molecule has 1 aliphatic heterocycles. The van der Waals surface area contributed by atoms with Crippen molar-refractivity contribution in [3.63, 3.8) is 0 Å². The van der Waals surface area contributed by atoms with Crippen LogP contribution in [0.5, 0.6) is 11.5 Å². The first-order valence-corrected chi connectivity index (χ1v) is 7.23. The second kappa shape index (κ2) is 7.58. The molecule has 0 N–H and O–H groups in total. The van der Waals surface area contributed by atoms with Gasteiger partial charge in [0.25, 0.3) is 0 Å². The highest BCUT2D eigenvalue weighted by atomic mass is 16.6. The summed E-state index contributed by atoms with van der Waals surface area (Å²) in [5, 5.41) is 0. The molecule has 0 bridgehead atoms. The van der Waals surface area contributed by atoms with Crippen LogP contribution in [0.1, 0.15) is 46.4 Å². The molecule has 1 aromatic rings. The Kier molecular flexibility index (Phi) is 5.51. The molecule has 1 aromatic carbocycles. The van der Waals surface area contributed by atoms with E-state index in [1.54, 1.807) is 0 Å².